The SMILES string of the molecule is CN=C(NCC(C)N(C)C1CC1)NC1CCN(C(=O)C(C)C)C1. The van der Waals surface area contributed by atoms with Gasteiger partial charge < -0.3 is 15.5 Å². The molecule has 2 atom stereocenters. The second-order valence-corrected chi connectivity index (χ2v) is 7.27. The van der Waals surface area contributed by atoms with Crippen LogP contribution in [-0.4, -0.2) is 73.5 Å². The highest BCUT2D eigenvalue weighted by Crippen LogP contribution is 2.26. The minimum absolute atomic E-state index is 0.0741. The monoisotopic (exact) mass is 323 g/mol. The quantitative estimate of drug-likeness (QED) is 0.563. The van der Waals surface area contributed by atoms with Gasteiger partial charge >= 0.3 is 0 Å². The third-order valence-electron chi connectivity index (χ3n) is 4.94. The van der Waals surface area contributed by atoms with Crippen molar-refractivity contribution in [1.82, 2.24) is 20.4 Å². The molecule has 2 aliphatic rings. The molecule has 1 saturated heterocycles. The molecule has 1 heterocycles. The van der Waals surface area contributed by atoms with E-state index in [2.05, 4.69) is 34.5 Å². The summed E-state index contributed by atoms with van der Waals surface area (Å²) < 4.78 is 0. The normalized spacial score (nSPS) is 23.5. The molecule has 0 spiro atoms. The van der Waals surface area contributed by atoms with Crippen LogP contribution in [0.1, 0.15) is 40.0 Å². The standard InChI is InChI=1S/C17H33N5O/c1-12(2)16(23)22-9-8-14(11-22)20-17(18-4)19-10-13(3)21(5)15-6-7-15/h12-15H,6-11H2,1-5H3,(H2,18,19,20). The number of likely N-dealkylation sites (tertiary alicyclic amines) is 1. The Labute approximate surface area is 140 Å². The summed E-state index contributed by atoms with van der Waals surface area (Å²) in [6.45, 7) is 8.66. The predicted octanol–water partition coefficient (Wildman–Crippen LogP) is 0.891. The fourth-order valence-electron chi connectivity index (χ4n) is 3.06. The van der Waals surface area contributed by atoms with Crippen molar-refractivity contribution in [1.29, 1.82) is 0 Å². The van der Waals surface area contributed by atoms with Crippen LogP contribution in [0.2, 0.25) is 0 Å². The predicted molar refractivity (Wildman–Crippen MR) is 94.6 cm³/mol. The molecule has 2 rings (SSSR count). The highest BCUT2D eigenvalue weighted by molar-refractivity contribution is 5.81. The molecule has 1 aliphatic heterocycles. The first-order valence-corrected chi connectivity index (χ1v) is 8.90. The largest absolute Gasteiger partial charge is 0.355 e. The van der Waals surface area contributed by atoms with E-state index in [0.29, 0.717) is 12.1 Å². The third-order valence-corrected chi connectivity index (χ3v) is 4.94. The summed E-state index contributed by atoms with van der Waals surface area (Å²) >= 11 is 0. The van der Waals surface area contributed by atoms with Crippen molar-refractivity contribution in [3.05, 3.63) is 0 Å². The maximum absolute atomic E-state index is 12.1. The third kappa shape index (κ3) is 5.09. The highest BCUT2D eigenvalue weighted by atomic mass is 16.2. The maximum Gasteiger partial charge on any atom is 0.225 e. The van der Waals surface area contributed by atoms with Crippen LogP contribution in [0, 0.1) is 5.92 Å². The van der Waals surface area contributed by atoms with Gasteiger partial charge in [0.2, 0.25) is 5.91 Å². The van der Waals surface area contributed by atoms with E-state index < -0.39 is 0 Å². The Morgan fingerprint density at radius 3 is 2.57 bits per heavy atom. The van der Waals surface area contributed by atoms with Crippen molar-refractivity contribution < 1.29 is 4.79 Å². The molecular weight excluding hydrogens is 290 g/mol. The van der Waals surface area contributed by atoms with Crippen molar-refractivity contribution in [3.8, 4) is 0 Å². The maximum atomic E-state index is 12.1. The molecule has 132 valence electrons. The Bertz CT molecular complexity index is 433. The van der Waals surface area contributed by atoms with Gasteiger partial charge in [-0.2, -0.15) is 0 Å². The molecule has 2 unspecified atom stereocenters. The average molecular weight is 323 g/mol. The van der Waals surface area contributed by atoms with Gasteiger partial charge in [0.1, 0.15) is 0 Å². The molecule has 1 amide bonds. The number of hydrogen-bond donors (Lipinski definition) is 2. The molecule has 2 fully saturated rings. The minimum atomic E-state index is 0.0741. The second kappa shape index (κ2) is 7.99. The van der Waals surface area contributed by atoms with Crippen LogP contribution >= 0.6 is 0 Å². The van der Waals surface area contributed by atoms with Crippen LogP contribution in [0.15, 0.2) is 4.99 Å². The first-order valence-electron chi connectivity index (χ1n) is 8.90. The van der Waals surface area contributed by atoms with Gasteiger partial charge in [0.15, 0.2) is 5.96 Å². The van der Waals surface area contributed by atoms with E-state index in [1.54, 1.807) is 7.05 Å². The summed E-state index contributed by atoms with van der Waals surface area (Å²) in [7, 11) is 4.00. The molecule has 1 saturated carbocycles. The fourth-order valence-corrected chi connectivity index (χ4v) is 3.06. The van der Waals surface area contributed by atoms with E-state index in [-0.39, 0.29) is 11.8 Å². The van der Waals surface area contributed by atoms with Crippen LogP contribution in [-0.2, 0) is 4.79 Å². The van der Waals surface area contributed by atoms with Crippen LogP contribution in [0.5, 0.6) is 0 Å². The van der Waals surface area contributed by atoms with E-state index in [4.69, 9.17) is 0 Å². The Hall–Kier alpha value is -1.30. The lowest BCUT2D eigenvalue weighted by molar-refractivity contribution is -0.133. The van der Waals surface area contributed by atoms with Gasteiger partial charge in [-0.25, -0.2) is 0 Å². The van der Waals surface area contributed by atoms with Crippen LogP contribution in [0.3, 0.4) is 0 Å². The first-order chi connectivity index (χ1) is 10.9. The van der Waals surface area contributed by atoms with Gasteiger partial charge in [0.05, 0.1) is 0 Å². The van der Waals surface area contributed by atoms with Crippen molar-refractivity contribution in [2.75, 3.05) is 33.7 Å². The van der Waals surface area contributed by atoms with Gasteiger partial charge in [-0.15, -0.1) is 0 Å². The van der Waals surface area contributed by atoms with E-state index in [1.165, 1.54) is 12.8 Å². The number of rotatable bonds is 6. The average Bonchev–Trinajstić information content (AvgIpc) is 3.28. The minimum Gasteiger partial charge on any atom is -0.355 e. The molecule has 0 aromatic carbocycles. The van der Waals surface area contributed by atoms with E-state index >= 15 is 0 Å². The van der Waals surface area contributed by atoms with Gasteiger partial charge in [-0.1, -0.05) is 13.8 Å². The summed E-state index contributed by atoms with van der Waals surface area (Å²) in [5, 5.41) is 6.88. The van der Waals surface area contributed by atoms with Crippen molar-refractivity contribution in [2.45, 2.75) is 58.2 Å². The van der Waals surface area contributed by atoms with Crippen LogP contribution < -0.4 is 10.6 Å². The Morgan fingerprint density at radius 1 is 1.30 bits per heavy atom. The molecular formula is C17H33N5O. The molecule has 0 radical (unpaired) electrons. The van der Waals surface area contributed by atoms with E-state index in [0.717, 1.165) is 38.1 Å². The number of hydrogen-bond acceptors (Lipinski definition) is 3. The topological polar surface area (TPSA) is 60.0 Å². The number of amides is 1. The Morgan fingerprint density at radius 2 is 2.00 bits per heavy atom. The molecule has 0 aromatic heterocycles. The molecule has 0 bridgehead atoms. The van der Waals surface area contributed by atoms with Crippen molar-refractivity contribution >= 4 is 11.9 Å². The molecule has 0 aromatic rings. The fraction of sp³-hybridized carbons (Fsp3) is 0.882. The van der Waals surface area contributed by atoms with Gasteiger partial charge in [-0.05, 0) is 33.2 Å². The van der Waals surface area contributed by atoms with E-state index in [1.807, 2.05) is 18.7 Å². The van der Waals surface area contributed by atoms with Gasteiger partial charge in [0.25, 0.3) is 0 Å². The summed E-state index contributed by atoms with van der Waals surface area (Å²) in [5.74, 6) is 1.16. The number of nitrogens with zero attached hydrogens (tertiary/aromatic N) is 3. The van der Waals surface area contributed by atoms with E-state index in [9.17, 15) is 4.79 Å². The lowest BCUT2D eigenvalue weighted by Crippen LogP contribution is -2.49. The number of carbonyl (C=O) groups is 1. The molecule has 23 heavy (non-hydrogen) atoms. The molecule has 6 nitrogen and oxygen atoms in total. The second-order valence-electron chi connectivity index (χ2n) is 7.27. The Balaban J connectivity index is 1.73. The number of carbonyl (C=O) groups excluding carboxylic acids is 1. The summed E-state index contributed by atoms with van der Waals surface area (Å²) in [4.78, 5) is 20.8. The zero-order valence-electron chi connectivity index (χ0n) is 15.3. The van der Waals surface area contributed by atoms with Crippen LogP contribution in [0.25, 0.3) is 0 Å². The molecule has 6 heteroatoms. The summed E-state index contributed by atoms with van der Waals surface area (Å²) in [6.07, 6.45) is 3.64. The zero-order chi connectivity index (χ0) is 17.0. The number of likely N-dealkylation sites (N-methyl/N-ethyl adjacent to an activating group) is 1. The lowest BCUT2D eigenvalue weighted by Gasteiger charge is -2.26. The number of nitrogens with one attached hydrogen (secondary N) is 2. The lowest BCUT2D eigenvalue weighted by atomic mass is 10.2. The smallest absolute Gasteiger partial charge is 0.225 e. The van der Waals surface area contributed by atoms with Gasteiger partial charge in [0, 0.05) is 50.7 Å². The van der Waals surface area contributed by atoms with Crippen molar-refractivity contribution in [2.24, 2.45) is 10.9 Å². The first kappa shape index (κ1) is 18.0. The molecule has 2 N–H and O–H groups in total. The zero-order valence-corrected chi connectivity index (χ0v) is 15.3. The summed E-state index contributed by atoms with van der Waals surface area (Å²) in [6, 6.07) is 1.55. The molecule has 1 aliphatic carbocycles. The van der Waals surface area contributed by atoms with Crippen LogP contribution in [0.4, 0.5) is 0 Å². The Kier molecular flexibility index (Phi) is 6.27. The highest BCUT2D eigenvalue weighted by Gasteiger charge is 2.30. The number of guanidine groups is 1. The van der Waals surface area contributed by atoms with Crippen molar-refractivity contribution in [3.63, 3.8) is 0 Å². The number of aliphatic imine (C=N–C) groups is 1. The summed E-state index contributed by atoms with van der Waals surface area (Å²) in [5.41, 5.74) is 0. The van der Waals surface area contributed by atoms with Gasteiger partial charge in [-0.3, -0.25) is 14.7 Å².